The number of nitrogens with two attached hydrogens (primary N) is 2. The smallest absolute Gasteiger partial charge is 0.269 e. The summed E-state index contributed by atoms with van der Waals surface area (Å²) in [5, 5.41) is 34.3. The van der Waals surface area contributed by atoms with Gasteiger partial charge in [0.1, 0.15) is 29.3 Å². The number of benzene rings is 1. The van der Waals surface area contributed by atoms with Gasteiger partial charge in [-0.25, -0.2) is 9.98 Å². The third kappa shape index (κ3) is 2.65. The predicted octanol–water partition coefficient (Wildman–Crippen LogP) is 0.967. The highest BCUT2D eigenvalue weighted by molar-refractivity contribution is 5.98. The fraction of sp³-hybridized carbons (Fsp3) is 0.0667. The molecule has 0 aliphatic carbocycles. The molecule has 0 saturated heterocycles. The zero-order valence-corrected chi connectivity index (χ0v) is 13.1. The zero-order chi connectivity index (χ0) is 18.8. The predicted molar refractivity (Wildman–Crippen MR) is 92.5 cm³/mol. The average molecular weight is 349 g/mol. The van der Waals surface area contributed by atoms with Gasteiger partial charge in [0.05, 0.1) is 10.6 Å². The van der Waals surface area contributed by atoms with Crippen LogP contribution in [0.15, 0.2) is 29.3 Å². The third-order valence-electron chi connectivity index (χ3n) is 3.75. The molecule has 2 heterocycles. The van der Waals surface area contributed by atoms with Gasteiger partial charge in [-0.1, -0.05) is 12.1 Å². The highest BCUT2D eigenvalue weighted by Gasteiger charge is 2.30. The number of nitriles is 2. The number of anilines is 3. The van der Waals surface area contributed by atoms with Crippen molar-refractivity contribution < 1.29 is 4.92 Å². The minimum absolute atomic E-state index is 0.00660. The van der Waals surface area contributed by atoms with Crippen molar-refractivity contribution in [2.75, 3.05) is 16.8 Å². The lowest BCUT2D eigenvalue weighted by Crippen LogP contribution is -2.32. The number of guanidine groups is 1. The number of rotatable bonds is 2. The summed E-state index contributed by atoms with van der Waals surface area (Å²) in [6.07, 6.45) is 1.73. The number of nitrogen functional groups attached to an aromatic ring is 2. The average Bonchev–Trinajstić information content (AvgIpc) is 2.61. The van der Waals surface area contributed by atoms with E-state index < -0.39 is 11.0 Å². The van der Waals surface area contributed by atoms with Crippen molar-refractivity contribution in [2.24, 2.45) is 4.99 Å². The molecule has 0 amide bonds. The van der Waals surface area contributed by atoms with E-state index in [9.17, 15) is 15.4 Å². The van der Waals surface area contributed by atoms with Gasteiger partial charge < -0.3 is 16.8 Å². The summed E-state index contributed by atoms with van der Waals surface area (Å²) in [7, 11) is 0. The Balaban J connectivity index is 2.25. The van der Waals surface area contributed by atoms with E-state index >= 15 is 0 Å². The molecule has 128 valence electrons. The van der Waals surface area contributed by atoms with Crippen molar-refractivity contribution in [1.82, 2.24) is 10.3 Å². The number of aromatic nitrogens is 1. The minimum atomic E-state index is -0.817. The summed E-state index contributed by atoms with van der Waals surface area (Å²) in [5.41, 5.74) is 12.6. The largest absolute Gasteiger partial charge is 0.397 e. The molecule has 1 aromatic heterocycles. The number of nitrogens with one attached hydrogen (secondary N) is 2. The van der Waals surface area contributed by atoms with Crippen LogP contribution in [-0.2, 0) is 0 Å². The van der Waals surface area contributed by atoms with Crippen molar-refractivity contribution >= 4 is 29.0 Å². The maximum absolute atomic E-state index is 11.1. The second kappa shape index (κ2) is 6.26. The molecule has 0 radical (unpaired) electrons. The number of aliphatic imine (C=N–C) groups is 1. The van der Waals surface area contributed by atoms with E-state index in [1.165, 1.54) is 18.2 Å². The number of hydrogen-bond donors (Lipinski definition) is 4. The normalized spacial score (nSPS) is 14.8. The maximum atomic E-state index is 11.1. The highest BCUT2D eigenvalue weighted by Crippen LogP contribution is 2.40. The zero-order valence-electron chi connectivity index (χ0n) is 13.1. The molecule has 11 heteroatoms. The Morgan fingerprint density at radius 2 is 2.12 bits per heavy atom. The first kappa shape index (κ1) is 16.5. The molecular weight excluding hydrogens is 338 g/mol. The molecule has 0 spiro atoms. The lowest BCUT2D eigenvalue weighted by Gasteiger charge is -2.26. The van der Waals surface area contributed by atoms with Crippen molar-refractivity contribution in [3.63, 3.8) is 0 Å². The Hall–Kier alpha value is -4.38. The number of non-ortho nitro benzene ring substituents is 1. The van der Waals surface area contributed by atoms with Crippen molar-refractivity contribution in [3.8, 4) is 12.3 Å². The Labute approximate surface area is 146 Å². The van der Waals surface area contributed by atoms with Crippen LogP contribution >= 0.6 is 0 Å². The third-order valence-corrected chi connectivity index (χ3v) is 3.75. The van der Waals surface area contributed by atoms with E-state index in [-0.39, 0.29) is 34.5 Å². The summed E-state index contributed by atoms with van der Waals surface area (Å²) < 4.78 is 0. The molecule has 2 aromatic rings. The van der Waals surface area contributed by atoms with E-state index in [0.29, 0.717) is 11.1 Å². The highest BCUT2D eigenvalue weighted by atomic mass is 16.6. The molecule has 0 bridgehead atoms. The monoisotopic (exact) mass is 349 g/mol. The molecule has 3 rings (SSSR count). The summed E-state index contributed by atoms with van der Waals surface area (Å²) in [5.74, 6) is 0.211. The molecule has 11 nitrogen and oxygen atoms in total. The second-order valence-corrected chi connectivity index (χ2v) is 5.25. The van der Waals surface area contributed by atoms with Crippen LogP contribution in [0, 0.1) is 32.9 Å². The Kier molecular flexibility index (Phi) is 3.96. The quantitative estimate of drug-likeness (QED) is 0.264. The van der Waals surface area contributed by atoms with Gasteiger partial charge in [-0.05, 0) is 5.56 Å². The van der Waals surface area contributed by atoms with Gasteiger partial charge in [-0.15, -0.1) is 0 Å². The molecule has 1 aliphatic rings. The topological polar surface area (TPSA) is 192 Å². The van der Waals surface area contributed by atoms with E-state index in [0.717, 1.165) is 0 Å². The van der Waals surface area contributed by atoms with Gasteiger partial charge in [0.25, 0.3) is 5.69 Å². The van der Waals surface area contributed by atoms with Crippen LogP contribution in [0.5, 0.6) is 0 Å². The lowest BCUT2D eigenvalue weighted by atomic mass is 9.95. The number of nitro benzene ring substituents is 1. The molecule has 1 unspecified atom stereocenters. The van der Waals surface area contributed by atoms with Gasteiger partial charge in [0.2, 0.25) is 5.96 Å². The number of nitrogens with zero attached hydrogens (tertiary/aromatic N) is 5. The van der Waals surface area contributed by atoms with Crippen LogP contribution in [-0.4, -0.2) is 15.9 Å². The number of pyridine rings is 1. The number of fused-ring (bicyclic) bond motifs is 1. The first-order valence-electron chi connectivity index (χ1n) is 7.19. The van der Waals surface area contributed by atoms with E-state index in [1.54, 1.807) is 12.3 Å². The standard InChI is InChI=1S/C15H11N9O2/c16-5-9-11(18)10-12(7-2-1-3-8(4-7)24(25)26)21-15(20-6-17)23-14(10)22-13(9)19/h1-4,12H,(H6,18,19,20,21,22,23). The van der Waals surface area contributed by atoms with Crippen molar-refractivity contribution in [1.29, 1.82) is 10.5 Å². The van der Waals surface area contributed by atoms with E-state index in [4.69, 9.17) is 16.7 Å². The second-order valence-electron chi connectivity index (χ2n) is 5.25. The molecule has 0 fully saturated rings. The van der Waals surface area contributed by atoms with Gasteiger partial charge in [0.15, 0.2) is 6.19 Å². The Morgan fingerprint density at radius 1 is 1.35 bits per heavy atom. The van der Waals surface area contributed by atoms with Crippen LogP contribution in [0.2, 0.25) is 0 Å². The van der Waals surface area contributed by atoms with Gasteiger partial charge >= 0.3 is 0 Å². The summed E-state index contributed by atoms with van der Waals surface area (Å²) in [6, 6.07) is 6.89. The van der Waals surface area contributed by atoms with Crippen LogP contribution in [0.1, 0.15) is 22.7 Å². The van der Waals surface area contributed by atoms with E-state index in [2.05, 4.69) is 20.6 Å². The summed E-state index contributed by atoms with van der Waals surface area (Å²) in [6.45, 7) is 0. The van der Waals surface area contributed by atoms with Crippen LogP contribution in [0.4, 0.5) is 23.0 Å². The van der Waals surface area contributed by atoms with E-state index in [1.807, 2.05) is 6.07 Å². The van der Waals surface area contributed by atoms with Gasteiger partial charge in [0, 0.05) is 17.7 Å². The van der Waals surface area contributed by atoms with Crippen molar-refractivity contribution in [3.05, 3.63) is 51.1 Å². The Bertz CT molecular complexity index is 1030. The SMILES string of the molecule is N#CNC1=NC(c2cccc([N+](=O)[O-])c2)c2c(nc(N)c(C#N)c2N)N1. The molecule has 26 heavy (non-hydrogen) atoms. The summed E-state index contributed by atoms with van der Waals surface area (Å²) in [4.78, 5) is 19.0. The van der Waals surface area contributed by atoms with Crippen LogP contribution < -0.4 is 22.1 Å². The first-order chi connectivity index (χ1) is 12.5. The molecule has 1 aliphatic heterocycles. The Morgan fingerprint density at radius 3 is 2.77 bits per heavy atom. The van der Waals surface area contributed by atoms with Gasteiger partial charge in [-0.3, -0.25) is 15.4 Å². The molecule has 1 aromatic carbocycles. The fourth-order valence-corrected chi connectivity index (χ4v) is 2.63. The molecular formula is C15H11N9O2. The first-order valence-corrected chi connectivity index (χ1v) is 7.19. The molecule has 6 N–H and O–H groups in total. The van der Waals surface area contributed by atoms with Gasteiger partial charge in [-0.2, -0.15) is 10.5 Å². The number of nitro groups is 1. The maximum Gasteiger partial charge on any atom is 0.269 e. The minimum Gasteiger partial charge on any atom is -0.397 e. The summed E-state index contributed by atoms with van der Waals surface area (Å²) >= 11 is 0. The van der Waals surface area contributed by atoms with Crippen molar-refractivity contribution in [2.45, 2.75) is 6.04 Å². The van der Waals surface area contributed by atoms with Crippen LogP contribution in [0.3, 0.4) is 0 Å². The lowest BCUT2D eigenvalue weighted by molar-refractivity contribution is -0.384. The fourth-order valence-electron chi connectivity index (χ4n) is 2.63. The number of hydrogen-bond acceptors (Lipinski definition) is 10. The van der Waals surface area contributed by atoms with Crippen LogP contribution in [0.25, 0.3) is 0 Å². The molecule has 0 saturated carbocycles. The molecule has 1 atom stereocenters.